The molecule has 1 heterocycles. The van der Waals surface area contributed by atoms with Gasteiger partial charge in [0.05, 0.1) is 17.6 Å². The van der Waals surface area contributed by atoms with Crippen LogP contribution in [0.4, 0.5) is 0 Å². The fourth-order valence-corrected chi connectivity index (χ4v) is 2.25. The van der Waals surface area contributed by atoms with Crippen molar-refractivity contribution >= 4 is 0 Å². The summed E-state index contributed by atoms with van der Waals surface area (Å²) in [4.78, 5) is 0. The number of nitrogens with two attached hydrogens (primary N) is 1. The molecule has 2 N–H and O–H groups in total. The predicted molar refractivity (Wildman–Crippen MR) is 81.6 cm³/mol. The van der Waals surface area contributed by atoms with Crippen LogP contribution in [0.2, 0.25) is 0 Å². The molecule has 20 heavy (non-hydrogen) atoms. The number of para-hydroxylation sites is 1. The van der Waals surface area contributed by atoms with E-state index >= 15 is 0 Å². The van der Waals surface area contributed by atoms with Gasteiger partial charge in [0.1, 0.15) is 0 Å². The smallest absolute Gasteiger partial charge is 0.0740 e. The number of hydrogen-bond donors (Lipinski definition) is 1. The maximum atomic E-state index is 5.89. The highest BCUT2D eigenvalue weighted by Gasteiger charge is 2.07. The molecule has 0 saturated heterocycles. The first kappa shape index (κ1) is 12.6. The molecule has 0 aliphatic rings. The molecule has 0 aliphatic carbocycles. The highest BCUT2D eigenvalue weighted by atomic mass is 15.3. The van der Waals surface area contributed by atoms with Gasteiger partial charge in [-0.1, -0.05) is 42.5 Å². The Morgan fingerprint density at radius 1 is 0.950 bits per heavy atom. The zero-order chi connectivity index (χ0) is 13.9. The summed E-state index contributed by atoms with van der Waals surface area (Å²) in [7, 11) is 0. The van der Waals surface area contributed by atoms with Crippen LogP contribution < -0.4 is 5.73 Å². The fourth-order valence-electron chi connectivity index (χ4n) is 2.25. The summed E-state index contributed by atoms with van der Waals surface area (Å²) < 4.78 is 1.95. The Morgan fingerprint density at radius 3 is 2.30 bits per heavy atom. The van der Waals surface area contributed by atoms with Crippen molar-refractivity contribution in [2.24, 2.45) is 5.73 Å². The monoisotopic (exact) mass is 263 g/mol. The zero-order valence-corrected chi connectivity index (χ0v) is 11.4. The third-order valence-electron chi connectivity index (χ3n) is 3.38. The van der Waals surface area contributed by atoms with Crippen LogP contribution in [0.5, 0.6) is 0 Å². The summed E-state index contributed by atoms with van der Waals surface area (Å²) >= 11 is 0. The predicted octanol–water partition coefficient (Wildman–Crippen LogP) is 3.56. The first-order chi connectivity index (χ1) is 9.75. The van der Waals surface area contributed by atoms with Crippen molar-refractivity contribution in [1.82, 2.24) is 9.78 Å². The second kappa shape index (κ2) is 5.31. The Labute approximate surface area is 118 Å². The molecule has 1 atom stereocenters. The minimum atomic E-state index is 0.0584. The van der Waals surface area contributed by atoms with Crippen molar-refractivity contribution in [2.75, 3.05) is 0 Å². The Morgan fingerprint density at radius 2 is 1.65 bits per heavy atom. The van der Waals surface area contributed by atoms with Gasteiger partial charge >= 0.3 is 0 Å². The van der Waals surface area contributed by atoms with E-state index in [0.717, 1.165) is 22.5 Å². The van der Waals surface area contributed by atoms with Crippen molar-refractivity contribution < 1.29 is 0 Å². The second-order valence-electron chi connectivity index (χ2n) is 4.87. The molecule has 0 bridgehead atoms. The number of rotatable bonds is 3. The van der Waals surface area contributed by atoms with Gasteiger partial charge in [-0.3, -0.25) is 0 Å². The van der Waals surface area contributed by atoms with E-state index in [4.69, 9.17) is 5.73 Å². The van der Waals surface area contributed by atoms with Crippen molar-refractivity contribution in [3.63, 3.8) is 0 Å². The summed E-state index contributed by atoms with van der Waals surface area (Å²) in [6.07, 6.45) is 1.82. The summed E-state index contributed by atoms with van der Waals surface area (Å²) in [5.41, 5.74) is 10.3. The lowest BCUT2D eigenvalue weighted by Crippen LogP contribution is -2.04. The molecule has 3 aromatic rings. The molecule has 3 heteroatoms. The summed E-state index contributed by atoms with van der Waals surface area (Å²) in [6, 6.07) is 20.5. The van der Waals surface area contributed by atoms with Gasteiger partial charge in [-0.25, -0.2) is 4.68 Å². The van der Waals surface area contributed by atoms with Gasteiger partial charge in [-0.2, -0.15) is 5.10 Å². The quantitative estimate of drug-likeness (QED) is 0.785. The molecule has 0 saturated carbocycles. The molecule has 0 aliphatic heterocycles. The first-order valence-corrected chi connectivity index (χ1v) is 6.71. The van der Waals surface area contributed by atoms with Crippen LogP contribution in [0.15, 0.2) is 66.9 Å². The molecule has 0 fully saturated rings. The largest absolute Gasteiger partial charge is 0.324 e. The van der Waals surface area contributed by atoms with Crippen molar-refractivity contribution in [2.45, 2.75) is 13.0 Å². The lowest BCUT2D eigenvalue weighted by molar-refractivity contribution is 0.818. The van der Waals surface area contributed by atoms with E-state index in [0.29, 0.717) is 0 Å². The van der Waals surface area contributed by atoms with E-state index in [2.05, 4.69) is 29.4 Å². The third kappa shape index (κ3) is 2.36. The van der Waals surface area contributed by atoms with Crippen molar-refractivity contribution in [3.05, 3.63) is 72.4 Å². The van der Waals surface area contributed by atoms with Crippen molar-refractivity contribution in [1.29, 1.82) is 0 Å². The number of nitrogens with zero attached hydrogens (tertiary/aromatic N) is 2. The van der Waals surface area contributed by atoms with E-state index in [1.165, 1.54) is 0 Å². The number of aromatic nitrogens is 2. The lowest BCUT2D eigenvalue weighted by Gasteiger charge is -2.09. The molecular formula is C17H17N3. The molecule has 3 nitrogen and oxygen atoms in total. The van der Waals surface area contributed by atoms with Gasteiger partial charge in [0.25, 0.3) is 0 Å². The average Bonchev–Trinajstić information content (AvgIpc) is 2.97. The molecule has 3 rings (SSSR count). The maximum absolute atomic E-state index is 5.89. The Kier molecular flexibility index (Phi) is 3.35. The molecule has 0 amide bonds. The van der Waals surface area contributed by atoms with Crippen LogP contribution in [0.3, 0.4) is 0 Å². The molecule has 1 unspecified atom stereocenters. The molecule has 1 aromatic heterocycles. The summed E-state index contributed by atoms with van der Waals surface area (Å²) in [5, 5.41) is 4.41. The van der Waals surface area contributed by atoms with Crippen LogP contribution in [0.25, 0.3) is 16.9 Å². The summed E-state index contributed by atoms with van der Waals surface area (Å²) in [6.45, 7) is 1.99. The Bertz CT molecular complexity index is 682. The van der Waals surface area contributed by atoms with Gasteiger partial charge < -0.3 is 5.73 Å². The van der Waals surface area contributed by atoms with Gasteiger partial charge in [-0.15, -0.1) is 0 Å². The molecule has 100 valence electrons. The van der Waals surface area contributed by atoms with Gasteiger partial charge in [0.15, 0.2) is 0 Å². The van der Waals surface area contributed by atoms with E-state index in [1.807, 2.05) is 54.2 Å². The minimum absolute atomic E-state index is 0.0584. The molecule has 0 radical (unpaired) electrons. The van der Waals surface area contributed by atoms with Crippen LogP contribution in [0.1, 0.15) is 18.5 Å². The molecule has 0 spiro atoms. The standard InChI is InChI=1S/C17H17N3/c1-13(18)14-7-9-15(10-8-14)17-11-12-19-20(17)16-5-3-2-4-6-16/h2-13H,18H2,1H3. The topological polar surface area (TPSA) is 43.8 Å². The van der Waals surface area contributed by atoms with E-state index in [9.17, 15) is 0 Å². The number of benzene rings is 2. The van der Waals surface area contributed by atoms with Crippen LogP contribution in [-0.2, 0) is 0 Å². The van der Waals surface area contributed by atoms with Crippen molar-refractivity contribution in [3.8, 4) is 16.9 Å². The SMILES string of the molecule is CC(N)c1ccc(-c2ccnn2-c2ccccc2)cc1. The first-order valence-electron chi connectivity index (χ1n) is 6.71. The lowest BCUT2D eigenvalue weighted by atomic mass is 10.1. The second-order valence-corrected chi connectivity index (χ2v) is 4.87. The van der Waals surface area contributed by atoms with Crippen LogP contribution in [-0.4, -0.2) is 9.78 Å². The van der Waals surface area contributed by atoms with Crippen LogP contribution in [0, 0.1) is 0 Å². The Hall–Kier alpha value is -2.39. The van der Waals surface area contributed by atoms with Gasteiger partial charge in [0, 0.05) is 11.6 Å². The maximum Gasteiger partial charge on any atom is 0.0740 e. The number of hydrogen-bond acceptors (Lipinski definition) is 2. The van der Waals surface area contributed by atoms with Gasteiger partial charge in [-0.05, 0) is 30.7 Å². The van der Waals surface area contributed by atoms with Crippen LogP contribution >= 0.6 is 0 Å². The summed E-state index contributed by atoms with van der Waals surface area (Å²) in [5.74, 6) is 0. The minimum Gasteiger partial charge on any atom is -0.324 e. The third-order valence-corrected chi connectivity index (χ3v) is 3.38. The normalized spacial score (nSPS) is 12.3. The van der Waals surface area contributed by atoms with E-state index in [1.54, 1.807) is 0 Å². The fraction of sp³-hybridized carbons (Fsp3) is 0.118. The van der Waals surface area contributed by atoms with E-state index < -0.39 is 0 Å². The zero-order valence-electron chi connectivity index (χ0n) is 11.4. The van der Waals surface area contributed by atoms with E-state index in [-0.39, 0.29) is 6.04 Å². The molecule has 2 aromatic carbocycles. The van der Waals surface area contributed by atoms with Gasteiger partial charge in [0.2, 0.25) is 0 Å². The Balaban J connectivity index is 2.01. The highest BCUT2D eigenvalue weighted by Crippen LogP contribution is 2.23. The average molecular weight is 263 g/mol. The highest BCUT2D eigenvalue weighted by molar-refractivity contribution is 5.62. The molecular weight excluding hydrogens is 246 g/mol.